The lowest BCUT2D eigenvalue weighted by molar-refractivity contribution is -0.385. The summed E-state index contributed by atoms with van der Waals surface area (Å²) in [5, 5.41) is 33.5. The standard InChI is InChI=1S/C26H17N3O5/c27-16-21(19-7-12-23(13-8-19)29(32)33)15-25-24-4-2-1-3-20(24)9-14-26(25)34-17-18-5-10-22(11-6-18)28(30)31/h1-15H,17H2/b21-15-. The molecule has 4 aromatic carbocycles. The van der Waals surface area contributed by atoms with Crippen LogP contribution in [0.3, 0.4) is 0 Å². The Hall–Kier alpha value is -5.03. The van der Waals surface area contributed by atoms with Crippen molar-refractivity contribution in [2.45, 2.75) is 6.61 Å². The van der Waals surface area contributed by atoms with E-state index < -0.39 is 9.85 Å². The van der Waals surface area contributed by atoms with Crippen molar-refractivity contribution in [1.29, 1.82) is 5.26 Å². The summed E-state index contributed by atoms with van der Waals surface area (Å²) < 4.78 is 6.05. The van der Waals surface area contributed by atoms with Crippen LogP contribution in [-0.4, -0.2) is 9.85 Å². The van der Waals surface area contributed by atoms with Gasteiger partial charge in [-0.25, -0.2) is 0 Å². The predicted molar refractivity (Wildman–Crippen MR) is 128 cm³/mol. The summed E-state index contributed by atoms with van der Waals surface area (Å²) in [6.07, 6.45) is 1.70. The largest absolute Gasteiger partial charge is 0.488 e. The van der Waals surface area contributed by atoms with Gasteiger partial charge in [-0.15, -0.1) is 0 Å². The van der Waals surface area contributed by atoms with Gasteiger partial charge >= 0.3 is 0 Å². The molecule has 0 heterocycles. The van der Waals surface area contributed by atoms with E-state index in [0.717, 1.165) is 16.3 Å². The molecular weight excluding hydrogens is 434 g/mol. The monoisotopic (exact) mass is 451 g/mol. The smallest absolute Gasteiger partial charge is 0.269 e. The summed E-state index contributed by atoms with van der Waals surface area (Å²) >= 11 is 0. The van der Waals surface area contributed by atoms with Gasteiger partial charge in [0.15, 0.2) is 0 Å². The van der Waals surface area contributed by atoms with Crippen molar-refractivity contribution >= 4 is 33.8 Å². The van der Waals surface area contributed by atoms with E-state index in [0.29, 0.717) is 22.4 Å². The van der Waals surface area contributed by atoms with E-state index in [9.17, 15) is 25.5 Å². The lowest BCUT2D eigenvalue weighted by Gasteiger charge is -2.13. The van der Waals surface area contributed by atoms with E-state index in [4.69, 9.17) is 4.74 Å². The van der Waals surface area contributed by atoms with Gasteiger partial charge in [-0.05, 0) is 58.3 Å². The molecule has 8 heteroatoms. The number of benzene rings is 4. The van der Waals surface area contributed by atoms with Crippen molar-refractivity contribution in [3.05, 3.63) is 122 Å². The molecule has 0 saturated carbocycles. The fraction of sp³-hybridized carbons (Fsp3) is 0.0385. The number of nitrogens with zero attached hydrogens (tertiary/aromatic N) is 3. The number of nitriles is 1. The van der Waals surface area contributed by atoms with Crippen LogP contribution in [0.25, 0.3) is 22.4 Å². The first-order valence-electron chi connectivity index (χ1n) is 10.2. The highest BCUT2D eigenvalue weighted by Crippen LogP contribution is 2.33. The zero-order chi connectivity index (χ0) is 24.1. The molecule has 0 atom stereocenters. The second-order valence-corrected chi connectivity index (χ2v) is 7.38. The molecule has 0 radical (unpaired) electrons. The van der Waals surface area contributed by atoms with Crippen molar-refractivity contribution in [3.63, 3.8) is 0 Å². The van der Waals surface area contributed by atoms with Crippen molar-refractivity contribution in [3.8, 4) is 11.8 Å². The second kappa shape index (κ2) is 9.63. The van der Waals surface area contributed by atoms with Gasteiger partial charge in [0.2, 0.25) is 0 Å². The molecule has 0 unspecified atom stereocenters. The number of nitro benzene ring substituents is 2. The van der Waals surface area contributed by atoms with Gasteiger partial charge < -0.3 is 4.74 Å². The molecule has 34 heavy (non-hydrogen) atoms. The van der Waals surface area contributed by atoms with Crippen LogP contribution in [-0.2, 0) is 6.61 Å². The molecule has 4 rings (SSSR count). The van der Waals surface area contributed by atoms with E-state index in [2.05, 4.69) is 6.07 Å². The molecule has 0 aromatic heterocycles. The zero-order valence-electron chi connectivity index (χ0n) is 17.8. The third kappa shape index (κ3) is 4.74. The Morgan fingerprint density at radius 1 is 0.853 bits per heavy atom. The number of non-ortho nitro benzene ring substituents is 2. The minimum absolute atomic E-state index is 0.000151. The Balaban J connectivity index is 1.72. The Morgan fingerprint density at radius 2 is 1.47 bits per heavy atom. The van der Waals surface area contributed by atoms with Crippen LogP contribution in [0.4, 0.5) is 11.4 Å². The van der Waals surface area contributed by atoms with Gasteiger partial charge in [0, 0.05) is 29.8 Å². The van der Waals surface area contributed by atoms with Crippen LogP contribution in [0.2, 0.25) is 0 Å². The maximum absolute atomic E-state index is 11.0. The van der Waals surface area contributed by atoms with Crippen LogP contribution < -0.4 is 4.74 Å². The lowest BCUT2D eigenvalue weighted by atomic mass is 9.98. The maximum atomic E-state index is 11.0. The highest BCUT2D eigenvalue weighted by Gasteiger charge is 2.12. The first-order valence-corrected chi connectivity index (χ1v) is 10.2. The van der Waals surface area contributed by atoms with Gasteiger partial charge in [-0.1, -0.05) is 30.3 Å². The summed E-state index contributed by atoms with van der Waals surface area (Å²) in [5.74, 6) is 0.534. The van der Waals surface area contributed by atoms with E-state index in [1.807, 2.05) is 36.4 Å². The topological polar surface area (TPSA) is 119 Å². The number of rotatable bonds is 7. The van der Waals surface area contributed by atoms with Gasteiger partial charge in [0.25, 0.3) is 11.4 Å². The third-order valence-electron chi connectivity index (χ3n) is 5.27. The quantitative estimate of drug-likeness (QED) is 0.141. The number of ether oxygens (including phenoxy) is 1. The van der Waals surface area contributed by atoms with E-state index >= 15 is 0 Å². The van der Waals surface area contributed by atoms with E-state index in [-0.39, 0.29) is 18.0 Å². The number of hydrogen-bond acceptors (Lipinski definition) is 6. The first kappa shape index (κ1) is 22.2. The number of allylic oxidation sites excluding steroid dienone is 1. The minimum atomic E-state index is -0.492. The molecule has 0 amide bonds. The summed E-state index contributed by atoms with van der Waals surface area (Å²) in [6, 6.07) is 25.4. The molecule has 0 aliphatic heterocycles. The van der Waals surface area contributed by atoms with Crippen molar-refractivity contribution in [1.82, 2.24) is 0 Å². The molecule has 0 aliphatic carbocycles. The Bertz CT molecular complexity index is 1450. The van der Waals surface area contributed by atoms with Crippen molar-refractivity contribution in [2.24, 2.45) is 0 Å². The number of nitro groups is 2. The maximum Gasteiger partial charge on any atom is 0.269 e. The fourth-order valence-corrected chi connectivity index (χ4v) is 3.51. The average molecular weight is 451 g/mol. The highest BCUT2D eigenvalue weighted by atomic mass is 16.6. The van der Waals surface area contributed by atoms with Crippen LogP contribution in [0.15, 0.2) is 84.9 Å². The second-order valence-electron chi connectivity index (χ2n) is 7.38. The summed E-state index contributed by atoms with van der Waals surface area (Å²) in [5.41, 5.74) is 2.26. The molecule has 0 spiro atoms. The molecule has 0 fully saturated rings. The van der Waals surface area contributed by atoms with Gasteiger partial charge in [0.05, 0.1) is 21.5 Å². The molecule has 0 saturated heterocycles. The number of hydrogen-bond donors (Lipinski definition) is 0. The first-order chi connectivity index (χ1) is 16.5. The highest BCUT2D eigenvalue weighted by molar-refractivity contribution is 6.00. The van der Waals surface area contributed by atoms with Crippen LogP contribution in [0.1, 0.15) is 16.7 Å². The van der Waals surface area contributed by atoms with Crippen LogP contribution in [0, 0.1) is 31.6 Å². The molecule has 0 aliphatic rings. The van der Waals surface area contributed by atoms with Gasteiger partial charge in [-0.2, -0.15) is 5.26 Å². The zero-order valence-corrected chi connectivity index (χ0v) is 17.8. The van der Waals surface area contributed by atoms with Gasteiger partial charge in [-0.3, -0.25) is 20.2 Å². The normalized spacial score (nSPS) is 11.1. The molecule has 166 valence electrons. The summed E-state index contributed by atoms with van der Waals surface area (Å²) in [6.45, 7) is 0.177. The fourth-order valence-electron chi connectivity index (χ4n) is 3.51. The molecule has 4 aromatic rings. The Morgan fingerprint density at radius 3 is 2.09 bits per heavy atom. The molecule has 0 bridgehead atoms. The minimum Gasteiger partial charge on any atom is -0.488 e. The van der Waals surface area contributed by atoms with E-state index in [1.54, 1.807) is 18.2 Å². The molecule has 8 nitrogen and oxygen atoms in total. The summed E-state index contributed by atoms with van der Waals surface area (Å²) in [7, 11) is 0. The van der Waals surface area contributed by atoms with Gasteiger partial charge in [0.1, 0.15) is 12.4 Å². The average Bonchev–Trinajstić information content (AvgIpc) is 2.86. The van der Waals surface area contributed by atoms with Crippen molar-refractivity contribution < 1.29 is 14.6 Å². The van der Waals surface area contributed by atoms with Crippen LogP contribution >= 0.6 is 0 Å². The molecular formula is C26H17N3O5. The predicted octanol–water partition coefficient (Wildman–Crippen LogP) is 6.30. The Labute approximate surface area is 194 Å². The van der Waals surface area contributed by atoms with E-state index in [1.165, 1.54) is 36.4 Å². The summed E-state index contributed by atoms with van der Waals surface area (Å²) in [4.78, 5) is 20.9. The SMILES string of the molecule is N#C/C(=C/c1c(OCc2ccc([N+](=O)[O-])cc2)ccc2ccccc12)c1ccc([N+](=O)[O-])cc1. The van der Waals surface area contributed by atoms with Crippen molar-refractivity contribution in [2.75, 3.05) is 0 Å². The molecule has 0 N–H and O–H groups in total. The number of fused-ring (bicyclic) bond motifs is 1. The third-order valence-corrected chi connectivity index (χ3v) is 5.27. The van der Waals surface area contributed by atoms with Crippen LogP contribution in [0.5, 0.6) is 5.75 Å². The Kier molecular flexibility index (Phi) is 6.28. The lowest BCUT2D eigenvalue weighted by Crippen LogP contribution is -1.98.